The molecule has 4 nitrogen and oxygen atoms in total. The van der Waals surface area contributed by atoms with Crippen LogP contribution in [-0.2, 0) is 4.79 Å². The van der Waals surface area contributed by atoms with Crippen LogP contribution >= 0.6 is 60.0 Å². The molecule has 0 fully saturated rings. The number of hydrogen-bond acceptors (Lipinski definition) is 3. The fraction of sp³-hybridized carbons (Fsp3) is 0.333. The number of halogens is 3. The largest absolute Gasteiger partial charge is 0.481 e. The number of rotatable bonds is 6. The molecule has 0 aliphatic rings. The second-order valence-corrected chi connectivity index (χ2v) is 7.17. The van der Waals surface area contributed by atoms with Gasteiger partial charge in [-0.05, 0) is 44.0 Å². The van der Waals surface area contributed by atoms with Crippen molar-refractivity contribution in [1.82, 2.24) is 4.90 Å². The molecular formula is C12H13Br3N2O2S. The monoisotopic (exact) mass is 486 g/mol. The maximum atomic E-state index is 11.9. The molecule has 1 rings (SSSR count). The summed E-state index contributed by atoms with van der Waals surface area (Å²) in [6.07, 6.45) is 0.503. The molecule has 0 unspecified atom stereocenters. The van der Waals surface area contributed by atoms with E-state index in [0.717, 1.165) is 13.4 Å². The minimum absolute atomic E-state index is 0.0489. The summed E-state index contributed by atoms with van der Waals surface area (Å²) in [6, 6.07) is 3.70. The Bertz CT molecular complexity index is 502. The summed E-state index contributed by atoms with van der Waals surface area (Å²) in [4.78, 5) is 13.8. The van der Waals surface area contributed by atoms with Crippen molar-refractivity contribution in [2.24, 2.45) is 5.73 Å². The van der Waals surface area contributed by atoms with Gasteiger partial charge in [-0.25, -0.2) is 0 Å². The summed E-state index contributed by atoms with van der Waals surface area (Å²) >= 11 is 14.9. The van der Waals surface area contributed by atoms with Crippen molar-refractivity contribution in [2.45, 2.75) is 6.42 Å². The highest BCUT2D eigenvalue weighted by molar-refractivity contribution is 9.11. The number of hydrogen-bond donors (Lipinski definition) is 1. The van der Waals surface area contributed by atoms with Gasteiger partial charge in [0, 0.05) is 24.5 Å². The Morgan fingerprint density at radius 3 is 2.40 bits per heavy atom. The van der Waals surface area contributed by atoms with Crippen LogP contribution in [0.25, 0.3) is 0 Å². The third-order valence-electron chi connectivity index (χ3n) is 2.42. The Hall–Kier alpha value is -0.180. The summed E-state index contributed by atoms with van der Waals surface area (Å²) in [7, 11) is 1.69. The van der Waals surface area contributed by atoms with Crippen LogP contribution in [0.1, 0.15) is 6.42 Å². The molecule has 0 spiro atoms. The fourth-order valence-corrected chi connectivity index (χ4v) is 3.89. The molecule has 1 amide bonds. The van der Waals surface area contributed by atoms with E-state index in [-0.39, 0.29) is 12.5 Å². The van der Waals surface area contributed by atoms with Gasteiger partial charge in [0.05, 0.1) is 13.9 Å². The van der Waals surface area contributed by atoms with Crippen molar-refractivity contribution in [3.8, 4) is 5.75 Å². The smallest absolute Gasteiger partial charge is 0.260 e. The maximum absolute atomic E-state index is 11.9. The second-order valence-electron chi connectivity index (χ2n) is 4.02. The molecule has 1 aromatic carbocycles. The van der Waals surface area contributed by atoms with Gasteiger partial charge in [-0.1, -0.05) is 28.1 Å². The number of likely N-dealkylation sites (N-methyl/N-ethyl adjacent to an activating group) is 1. The van der Waals surface area contributed by atoms with E-state index < -0.39 is 0 Å². The molecular weight excluding hydrogens is 476 g/mol. The first-order valence-corrected chi connectivity index (χ1v) is 8.39. The summed E-state index contributed by atoms with van der Waals surface area (Å²) in [5.74, 6) is 0.451. The number of carbonyl (C=O) groups is 1. The molecule has 110 valence electrons. The predicted molar refractivity (Wildman–Crippen MR) is 94.1 cm³/mol. The lowest BCUT2D eigenvalue weighted by Gasteiger charge is -2.18. The first-order valence-electron chi connectivity index (χ1n) is 5.61. The number of nitrogens with zero attached hydrogens (tertiary/aromatic N) is 1. The zero-order valence-electron chi connectivity index (χ0n) is 10.7. The van der Waals surface area contributed by atoms with Crippen molar-refractivity contribution >= 4 is 70.9 Å². The lowest BCUT2D eigenvalue weighted by molar-refractivity contribution is -0.131. The van der Waals surface area contributed by atoms with E-state index in [1.165, 1.54) is 0 Å². The van der Waals surface area contributed by atoms with Crippen molar-refractivity contribution in [2.75, 3.05) is 20.2 Å². The number of ether oxygens (including phenoxy) is 1. The zero-order valence-corrected chi connectivity index (χ0v) is 16.2. The third-order valence-corrected chi connectivity index (χ3v) is 4.26. The topological polar surface area (TPSA) is 55.6 Å². The van der Waals surface area contributed by atoms with Gasteiger partial charge in [-0.2, -0.15) is 0 Å². The quantitative estimate of drug-likeness (QED) is 0.623. The third kappa shape index (κ3) is 5.67. The highest BCUT2D eigenvalue weighted by Crippen LogP contribution is 2.36. The average Bonchev–Trinajstić information content (AvgIpc) is 2.34. The number of amides is 1. The van der Waals surface area contributed by atoms with E-state index in [9.17, 15) is 4.79 Å². The van der Waals surface area contributed by atoms with Gasteiger partial charge in [-0.15, -0.1) is 0 Å². The first-order chi connectivity index (χ1) is 9.31. The summed E-state index contributed by atoms with van der Waals surface area (Å²) in [6.45, 7) is 0.437. The van der Waals surface area contributed by atoms with Gasteiger partial charge in [0.15, 0.2) is 6.61 Å². The molecule has 0 aromatic heterocycles. The van der Waals surface area contributed by atoms with Gasteiger partial charge in [-0.3, -0.25) is 4.79 Å². The fourth-order valence-electron chi connectivity index (χ4n) is 1.31. The van der Waals surface area contributed by atoms with E-state index in [4.69, 9.17) is 22.7 Å². The van der Waals surface area contributed by atoms with Gasteiger partial charge in [0.1, 0.15) is 5.75 Å². The van der Waals surface area contributed by atoms with E-state index in [2.05, 4.69) is 47.8 Å². The molecule has 0 saturated carbocycles. The number of benzene rings is 1. The Kier molecular flexibility index (Phi) is 7.42. The lowest BCUT2D eigenvalue weighted by Crippen LogP contribution is -2.33. The second kappa shape index (κ2) is 8.31. The molecule has 2 N–H and O–H groups in total. The number of carbonyl (C=O) groups excluding carboxylic acids is 1. The van der Waals surface area contributed by atoms with E-state index in [0.29, 0.717) is 23.7 Å². The normalized spacial score (nSPS) is 10.2. The van der Waals surface area contributed by atoms with Crippen LogP contribution in [0.4, 0.5) is 0 Å². The van der Waals surface area contributed by atoms with Crippen molar-refractivity contribution < 1.29 is 9.53 Å². The molecule has 8 heteroatoms. The van der Waals surface area contributed by atoms with E-state index in [1.54, 1.807) is 11.9 Å². The molecule has 0 bridgehead atoms. The zero-order chi connectivity index (χ0) is 15.3. The van der Waals surface area contributed by atoms with Crippen LogP contribution in [0, 0.1) is 0 Å². The minimum Gasteiger partial charge on any atom is -0.481 e. The van der Waals surface area contributed by atoms with Crippen LogP contribution in [0.5, 0.6) is 5.75 Å². The van der Waals surface area contributed by atoms with Crippen LogP contribution in [0.2, 0.25) is 0 Å². The van der Waals surface area contributed by atoms with Crippen molar-refractivity contribution in [3.63, 3.8) is 0 Å². The average molecular weight is 489 g/mol. The molecule has 0 atom stereocenters. The molecule has 0 radical (unpaired) electrons. The molecule has 0 aliphatic carbocycles. The standard InChI is InChI=1S/C12H13Br3N2O2S/c1-17(3-2-10(16)20)11(18)6-19-12-8(14)4-7(13)5-9(12)15/h4-5H,2-3,6H2,1H3,(H2,16,20). The Morgan fingerprint density at radius 1 is 1.35 bits per heavy atom. The molecule has 0 heterocycles. The lowest BCUT2D eigenvalue weighted by atomic mass is 10.3. The van der Waals surface area contributed by atoms with Gasteiger partial charge < -0.3 is 15.4 Å². The van der Waals surface area contributed by atoms with Gasteiger partial charge in [0.2, 0.25) is 0 Å². The molecule has 0 aliphatic heterocycles. The Labute approximate surface area is 148 Å². The van der Waals surface area contributed by atoms with E-state index >= 15 is 0 Å². The van der Waals surface area contributed by atoms with Crippen molar-refractivity contribution in [1.29, 1.82) is 0 Å². The van der Waals surface area contributed by atoms with Crippen molar-refractivity contribution in [3.05, 3.63) is 25.6 Å². The Balaban J connectivity index is 2.59. The van der Waals surface area contributed by atoms with E-state index in [1.807, 2.05) is 12.1 Å². The van der Waals surface area contributed by atoms with Crippen LogP contribution < -0.4 is 10.5 Å². The van der Waals surface area contributed by atoms with Gasteiger partial charge >= 0.3 is 0 Å². The number of thiocarbonyl (C=S) groups is 1. The predicted octanol–water partition coefficient (Wildman–Crippen LogP) is 3.49. The van der Waals surface area contributed by atoms with Crippen LogP contribution in [0.3, 0.4) is 0 Å². The van der Waals surface area contributed by atoms with Gasteiger partial charge in [0.25, 0.3) is 5.91 Å². The highest BCUT2D eigenvalue weighted by atomic mass is 79.9. The molecule has 1 aromatic rings. The summed E-state index contributed by atoms with van der Waals surface area (Å²) in [5, 5.41) is 0. The Morgan fingerprint density at radius 2 is 1.90 bits per heavy atom. The van der Waals surface area contributed by atoms with Crippen LogP contribution in [-0.4, -0.2) is 36.0 Å². The molecule has 0 saturated heterocycles. The SMILES string of the molecule is CN(CCC(N)=S)C(=O)COc1c(Br)cc(Br)cc1Br. The summed E-state index contributed by atoms with van der Waals surface area (Å²) < 4.78 is 7.97. The first kappa shape index (κ1) is 17.9. The summed E-state index contributed by atoms with van der Waals surface area (Å²) in [5.41, 5.74) is 5.41. The maximum Gasteiger partial charge on any atom is 0.260 e. The molecule has 20 heavy (non-hydrogen) atoms. The number of nitrogens with two attached hydrogens (primary N) is 1. The van der Waals surface area contributed by atoms with Crippen LogP contribution in [0.15, 0.2) is 25.6 Å². The minimum atomic E-state index is -0.136. The highest BCUT2D eigenvalue weighted by Gasteiger charge is 2.13.